The van der Waals surface area contributed by atoms with Gasteiger partial charge < -0.3 is 4.74 Å². The second-order valence-electron chi connectivity index (χ2n) is 6.10. The van der Waals surface area contributed by atoms with Gasteiger partial charge in [-0.1, -0.05) is 18.2 Å². The molecule has 1 aliphatic rings. The minimum Gasteiger partial charge on any atom is -0.458 e. The largest absolute Gasteiger partial charge is 0.458 e. The van der Waals surface area contributed by atoms with Gasteiger partial charge in [0.05, 0.1) is 0 Å². The highest BCUT2D eigenvalue weighted by atomic mass is 16.6. The lowest BCUT2D eigenvalue weighted by Crippen LogP contribution is -2.48. The summed E-state index contributed by atoms with van der Waals surface area (Å²) in [5.74, 6) is -0.399. The van der Waals surface area contributed by atoms with Crippen LogP contribution < -0.4 is 4.90 Å². The number of hydrogen-bond acceptors (Lipinski definition) is 3. The molecule has 2 rings (SSSR count). The molecular formula is C16H21NO3. The molecule has 0 fully saturated rings. The Labute approximate surface area is 119 Å². The molecule has 1 atom stereocenters. The number of benzene rings is 1. The Balaban J connectivity index is 2.27. The maximum Gasteiger partial charge on any atom is 0.329 e. The third kappa shape index (κ3) is 3.00. The van der Waals surface area contributed by atoms with E-state index in [1.165, 1.54) is 0 Å². The molecule has 1 aromatic carbocycles. The molecule has 1 heterocycles. The molecule has 0 saturated heterocycles. The van der Waals surface area contributed by atoms with Gasteiger partial charge in [0, 0.05) is 12.1 Å². The SMILES string of the molecule is CC(C(=O)OC(C)(C)C)N1C(=O)CCc2ccccc21. The van der Waals surface area contributed by atoms with Crippen LogP contribution in [0.5, 0.6) is 0 Å². The molecule has 0 radical (unpaired) electrons. The molecule has 1 amide bonds. The Morgan fingerprint density at radius 1 is 1.25 bits per heavy atom. The van der Waals surface area contributed by atoms with Crippen molar-refractivity contribution < 1.29 is 14.3 Å². The fourth-order valence-corrected chi connectivity index (χ4v) is 2.37. The number of fused-ring (bicyclic) bond motifs is 1. The quantitative estimate of drug-likeness (QED) is 0.780. The van der Waals surface area contributed by atoms with E-state index >= 15 is 0 Å². The number of anilines is 1. The summed E-state index contributed by atoms with van der Waals surface area (Å²) in [6.07, 6.45) is 1.16. The van der Waals surface area contributed by atoms with Crippen molar-refractivity contribution in [3.05, 3.63) is 29.8 Å². The number of esters is 1. The van der Waals surface area contributed by atoms with Crippen molar-refractivity contribution in [2.75, 3.05) is 4.90 Å². The first-order valence-corrected chi connectivity index (χ1v) is 6.92. The summed E-state index contributed by atoms with van der Waals surface area (Å²) in [5.41, 5.74) is 1.37. The van der Waals surface area contributed by atoms with Crippen LogP contribution in [0, 0.1) is 0 Å². The Morgan fingerprint density at radius 3 is 2.55 bits per heavy atom. The Hall–Kier alpha value is -1.84. The van der Waals surface area contributed by atoms with E-state index in [2.05, 4.69) is 0 Å². The van der Waals surface area contributed by atoms with Gasteiger partial charge >= 0.3 is 5.97 Å². The molecule has 1 unspecified atom stereocenters. The molecule has 0 N–H and O–H groups in total. The first kappa shape index (κ1) is 14.6. The van der Waals surface area contributed by atoms with E-state index in [-0.39, 0.29) is 11.9 Å². The van der Waals surface area contributed by atoms with E-state index in [4.69, 9.17) is 4.74 Å². The van der Waals surface area contributed by atoms with Crippen LogP contribution in [-0.4, -0.2) is 23.5 Å². The zero-order valence-corrected chi connectivity index (χ0v) is 12.5. The summed E-state index contributed by atoms with van der Waals surface area (Å²) in [4.78, 5) is 25.9. The highest BCUT2D eigenvalue weighted by molar-refractivity contribution is 6.01. The monoisotopic (exact) mass is 275 g/mol. The first-order valence-electron chi connectivity index (χ1n) is 6.92. The lowest BCUT2D eigenvalue weighted by molar-refractivity contribution is -0.156. The molecule has 0 bridgehead atoms. The third-order valence-corrected chi connectivity index (χ3v) is 3.26. The zero-order valence-electron chi connectivity index (χ0n) is 12.5. The second kappa shape index (κ2) is 5.27. The number of amides is 1. The number of ether oxygens (including phenoxy) is 1. The van der Waals surface area contributed by atoms with Crippen LogP contribution in [0.3, 0.4) is 0 Å². The Bertz CT molecular complexity index is 531. The fourth-order valence-electron chi connectivity index (χ4n) is 2.37. The van der Waals surface area contributed by atoms with Crippen molar-refractivity contribution in [2.45, 2.75) is 52.2 Å². The van der Waals surface area contributed by atoms with Crippen LogP contribution in [0.15, 0.2) is 24.3 Å². The van der Waals surface area contributed by atoms with Gasteiger partial charge in [-0.15, -0.1) is 0 Å². The summed E-state index contributed by atoms with van der Waals surface area (Å²) >= 11 is 0. The number of rotatable bonds is 2. The van der Waals surface area contributed by atoms with E-state index in [9.17, 15) is 9.59 Å². The van der Waals surface area contributed by atoms with Gasteiger partial charge in [-0.2, -0.15) is 0 Å². The molecule has 0 aliphatic carbocycles. The van der Waals surface area contributed by atoms with Crippen molar-refractivity contribution in [3.8, 4) is 0 Å². The fraction of sp³-hybridized carbons (Fsp3) is 0.500. The molecule has 1 aliphatic heterocycles. The van der Waals surface area contributed by atoms with Gasteiger partial charge in [0.15, 0.2) is 0 Å². The smallest absolute Gasteiger partial charge is 0.329 e. The lowest BCUT2D eigenvalue weighted by atomic mass is 9.99. The molecule has 1 aromatic rings. The molecule has 4 heteroatoms. The maximum atomic E-state index is 12.2. The van der Waals surface area contributed by atoms with Gasteiger partial charge in [0.2, 0.25) is 5.91 Å². The molecule has 4 nitrogen and oxygen atoms in total. The predicted molar refractivity (Wildman–Crippen MR) is 77.6 cm³/mol. The topological polar surface area (TPSA) is 46.6 Å². The van der Waals surface area contributed by atoms with Gasteiger partial charge in [0.25, 0.3) is 0 Å². The van der Waals surface area contributed by atoms with Crippen LogP contribution in [0.1, 0.15) is 39.7 Å². The molecule has 0 spiro atoms. The molecule has 0 saturated carbocycles. The van der Waals surface area contributed by atoms with E-state index in [0.717, 1.165) is 17.7 Å². The average molecular weight is 275 g/mol. The first-order chi connectivity index (χ1) is 9.29. The zero-order chi connectivity index (χ0) is 14.9. The number of carbonyl (C=O) groups excluding carboxylic acids is 2. The minimum absolute atomic E-state index is 0.0259. The van der Waals surface area contributed by atoms with Gasteiger partial charge in [-0.25, -0.2) is 4.79 Å². The van der Waals surface area contributed by atoms with Crippen LogP contribution in [0.25, 0.3) is 0 Å². The van der Waals surface area contributed by atoms with Crippen molar-refractivity contribution in [1.29, 1.82) is 0 Å². The van der Waals surface area contributed by atoms with Crippen molar-refractivity contribution in [2.24, 2.45) is 0 Å². The van der Waals surface area contributed by atoms with E-state index in [1.54, 1.807) is 11.8 Å². The number of carbonyl (C=O) groups is 2. The molecule has 0 aromatic heterocycles. The van der Waals surface area contributed by atoms with Gasteiger partial charge in [0.1, 0.15) is 11.6 Å². The normalized spacial score (nSPS) is 16.6. The number of hydrogen-bond donors (Lipinski definition) is 0. The van der Waals surface area contributed by atoms with Crippen molar-refractivity contribution >= 4 is 17.6 Å². The van der Waals surface area contributed by atoms with E-state index in [0.29, 0.717) is 6.42 Å². The van der Waals surface area contributed by atoms with Crippen LogP contribution in [-0.2, 0) is 20.7 Å². The summed E-state index contributed by atoms with van der Waals surface area (Å²) in [7, 11) is 0. The number of nitrogens with zero attached hydrogens (tertiary/aromatic N) is 1. The summed E-state index contributed by atoms with van der Waals surface area (Å²) in [6.45, 7) is 7.19. The highest BCUT2D eigenvalue weighted by Gasteiger charge is 2.33. The summed E-state index contributed by atoms with van der Waals surface area (Å²) < 4.78 is 5.38. The minimum atomic E-state index is -0.608. The standard InChI is InChI=1S/C16H21NO3/c1-11(15(19)20-16(2,3)4)17-13-8-6-5-7-12(13)9-10-14(17)18/h5-8,11H,9-10H2,1-4H3. The summed E-state index contributed by atoms with van der Waals surface area (Å²) in [6, 6.07) is 7.10. The van der Waals surface area contributed by atoms with Crippen LogP contribution >= 0.6 is 0 Å². The number of para-hydroxylation sites is 1. The molecular weight excluding hydrogens is 254 g/mol. The maximum absolute atomic E-state index is 12.2. The highest BCUT2D eigenvalue weighted by Crippen LogP contribution is 2.29. The Kier molecular flexibility index (Phi) is 3.84. The average Bonchev–Trinajstić information content (AvgIpc) is 2.36. The third-order valence-electron chi connectivity index (χ3n) is 3.26. The van der Waals surface area contributed by atoms with Crippen LogP contribution in [0.4, 0.5) is 5.69 Å². The predicted octanol–water partition coefficient (Wildman–Crippen LogP) is 2.70. The lowest BCUT2D eigenvalue weighted by Gasteiger charge is -2.34. The van der Waals surface area contributed by atoms with E-state index < -0.39 is 11.6 Å². The molecule has 108 valence electrons. The van der Waals surface area contributed by atoms with Crippen LogP contribution in [0.2, 0.25) is 0 Å². The second-order valence-corrected chi connectivity index (χ2v) is 6.10. The van der Waals surface area contributed by atoms with E-state index in [1.807, 2.05) is 45.0 Å². The molecule has 20 heavy (non-hydrogen) atoms. The number of aryl methyl sites for hydroxylation is 1. The van der Waals surface area contributed by atoms with Crippen molar-refractivity contribution in [1.82, 2.24) is 0 Å². The van der Waals surface area contributed by atoms with Gasteiger partial charge in [-0.3, -0.25) is 9.69 Å². The Morgan fingerprint density at radius 2 is 1.90 bits per heavy atom. The van der Waals surface area contributed by atoms with Crippen molar-refractivity contribution in [3.63, 3.8) is 0 Å². The summed E-state index contributed by atoms with van der Waals surface area (Å²) in [5, 5.41) is 0. The van der Waals surface area contributed by atoms with Gasteiger partial charge in [-0.05, 0) is 45.7 Å².